The third-order valence-electron chi connectivity index (χ3n) is 4.09. The molecule has 0 saturated carbocycles. The van der Waals surface area contributed by atoms with Crippen LogP contribution in [0.15, 0.2) is 36.4 Å². The monoisotopic (exact) mass is 277 g/mol. The number of aliphatic hydroxyl groups excluding tert-OH is 1. The van der Waals surface area contributed by atoms with Gasteiger partial charge in [-0.2, -0.15) is 0 Å². The molecule has 0 aromatic heterocycles. The van der Waals surface area contributed by atoms with Crippen LogP contribution in [0.5, 0.6) is 0 Å². The zero-order chi connectivity index (χ0) is 12.7. The predicted molar refractivity (Wildman–Crippen MR) is 82.0 cm³/mol. The van der Waals surface area contributed by atoms with E-state index in [9.17, 15) is 5.11 Å². The summed E-state index contributed by atoms with van der Waals surface area (Å²) in [6.07, 6.45) is 1.70. The summed E-state index contributed by atoms with van der Waals surface area (Å²) in [6.45, 7) is 0. The van der Waals surface area contributed by atoms with Crippen molar-refractivity contribution in [3.8, 4) is 0 Å². The Morgan fingerprint density at radius 3 is 2.58 bits per heavy atom. The molecule has 2 aromatic carbocycles. The number of rotatable bonds is 1. The predicted octanol–water partition coefficient (Wildman–Crippen LogP) is 3.17. The second kappa shape index (κ2) is 5.49. The van der Waals surface area contributed by atoms with Crippen molar-refractivity contribution in [3.63, 3.8) is 0 Å². The summed E-state index contributed by atoms with van der Waals surface area (Å²) in [5, 5.41) is 13.1. The Morgan fingerprint density at radius 1 is 1.11 bits per heavy atom. The van der Waals surface area contributed by atoms with Gasteiger partial charge in [0, 0.05) is 6.04 Å². The van der Waals surface area contributed by atoms with Crippen LogP contribution < -0.4 is 0 Å². The molecular weight excluding hydrogens is 258 g/mol. The number of nitrogens with zero attached hydrogens (tertiary/aromatic N) is 1. The maximum atomic E-state index is 10.6. The third-order valence-corrected chi connectivity index (χ3v) is 4.09. The molecule has 2 atom stereocenters. The number of benzene rings is 2. The maximum Gasteiger partial charge on any atom is 0.0953 e. The first-order valence-corrected chi connectivity index (χ1v) is 6.53. The lowest BCUT2D eigenvalue weighted by atomic mass is 9.82. The van der Waals surface area contributed by atoms with Crippen molar-refractivity contribution in [2.24, 2.45) is 0 Å². The molecule has 2 nitrogen and oxygen atoms in total. The summed E-state index contributed by atoms with van der Waals surface area (Å²) in [4.78, 5) is 2.13. The van der Waals surface area contributed by atoms with E-state index in [1.165, 1.54) is 16.3 Å². The van der Waals surface area contributed by atoms with E-state index in [-0.39, 0.29) is 24.6 Å². The van der Waals surface area contributed by atoms with Crippen LogP contribution in [0.2, 0.25) is 0 Å². The molecule has 0 spiro atoms. The topological polar surface area (TPSA) is 23.5 Å². The molecule has 2 unspecified atom stereocenters. The van der Waals surface area contributed by atoms with Crippen LogP contribution in [0.4, 0.5) is 0 Å². The minimum atomic E-state index is -0.380. The van der Waals surface area contributed by atoms with Gasteiger partial charge in [-0.1, -0.05) is 36.4 Å². The van der Waals surface area contributed by atoms with Gasteiger partial charge in [-0.15, -0.1) is 12.4 Å². The summed E-state index contributed by atoms with van der Waals surface area (Å²) in [6, 6.07) is 12.9. The number of hydrogen-bond donors (Lipinski definition) is 1. The normalized spacial score (nSPS) is 22.1. The second-order valence-electron chi connectivity index (χ2n) is 5.37. The number of aryl methyl sites for hydroxylation is 1. The van der Waals surface area contributed by atoms with E-state index in [0.29, 0.717) is 0 Å². The number of aliphatic hydroxyl groups is 1. The van der Waals surface area contributed by atoms with Crippen LogP contribution in [0.3, 0.4) is 0 Å². The molecule has 3 heteroatoms. The Bertz CT molecular complexity index is 582. The van der Waals surface area contributed by atoms with Crippen molar-refractivity contribution >= 4 is 23.2 Å². The minimum Gasteiger partial charge on any atom is -0.387 e. The SMILES string of the molecule is CN(C)C1CCc2ccc3ccccc3c2C1O.Cl. The van der Waals surface area contributed by atoms with Crippen LogP contribution in [-0.4, -0.2) is 30.1 Å². The largest absolute Gasteiger partial charge is 0.387 e. The summed E-state index contributed by atoms with van der Waals surface area (Å²) in [7, 11) is 4.09. The van der Waals surface area contributed by atoms with Gasteiger partial charge in [0.25, 0.3) is 0 Å². The lowest BCUT2D eigenvalue weighted by Crippen LogP contribution is -2.37. The van der Waals surface area contributed by atoms with Gasteiger partial charge >= 0.3 is 0 Å². The van der Waals surface area contributed by atoms with E-state index in [4.69, 9.17) is 0 Å². The van der Waals surface area contributed by atoms with Gasteiger partial charge in [-0.05, 0) is 48.8 Å². The van der Waals surface area contributed by atoms with E-state index in [1.54, 1.807) is 0 Å². The fourth-order valence-corrected chi connectivity index (χ4v) is 3.10. The highest BCUT2D eigenvalue weighted by molar-refractivity contribution is 5.87. The van der Waals surface area contributed by atoms with E-state index < -0.39 is 0 Å². The average Bonchev–Trinajstić information content (AvgIpc) is 2.38. The second-order valence-corrected chi connectivity index (χ2v) is 5.37. The highest BCUT2D eigenvalue weighted by atomic mass is 35.5. The Balaban J connectivity index is 0.00000133. The summed E-state index contributed by atoms with van der Waals surface area (Å²) >= 11 is 0. The first-order valence-electron chi connectivity index (χ1n) is 6.53. The number of likely N-dealkylation sites (N-methyl/N-ethyl adjacent to an activating group) is 1. The highest BCUT2D eigenvalue weighted by Gasteiger charge is 2.30. The molecule has 1 N–H and O–H groups in total. The molecule has 0 heterocycles. The van der Waals surface area contributed by atoms with Crippen molar-refractivity contribution in [2.45, 2.75) is 25.0 Å². The Morgan fingerprint density at radius 2 is 1.84 bits per heavy atom. The molecule has 19 heavy (non-hydrogen) atoms. The minimum absolute atomic E-state index is 0. The molecule has 102 valence electrons. The summed E-state index contributed by atoms with van der Waals surface area (Å²) < 4.78 is 0. The van der Waals surface area contributed by atoms with Gasteiger partial charge in [0.05, 0.1) is 6.10 Å². The Hall–Kier alpha value is -1.09. The van der Waals surface area contributed by atoms with Crippen molar-refractivity contribution in [3.05, 3.63) is 47.5 Å². The van der Waals surface area contributed by atoms with E-state index in [2.05, 4.69) is 35.2 Å². The Labute approximate surface area is 120 Å². The van der Waals surface area contributed by atoms with E-state index in [1.807, 2.05) is 20.2 Å². The molecular formula is C16H20ClNO. The van der Waals surface area contributed by atoms with Gasteiger partial charge in [0.2, 0.25) is 0 Å². The first kappa shape index (κ1) is 14.3. The fraction of sp³-hybridized carbons (Fsp3) is 0.375. The van der Waals surface area contributed by atoms with Crippen molar-refractivity contribution in [2.75, 3.05) is 14.1 Å². The standard InChI is InChI=1S/C16H19NO.ClH/c1-17(2)14-10-9-12-8-7-11-5-3-4-6-13(11)15(12)16(14)18;/h3-8,14,16,18H,9-10H2,1-2H3;1H. The molecule has 2 aromatic rings. The van der Waals surface area contributed by atoms with Crippen LogP contribution >= 0.6 is 12.4 Å². The lowest BCUT2D eigenvalue weighted by Gasteiger charge is -2.35. The number of hydrogen-bond acceptors (Lipinski definition) is 2. The number of fused-ring (bicyclic) bond motifs is 3. The van der Waals surface area contributed by atoms with Crippen LogP contribution in [0.25, 0.3) is 10.8 Å². The molecule has 0 saturated heterocycles. The molecule has 0 amide bonds. The van der Waals surface area contributed by atoms with Crippen molar-refractivity contribution < 1.29 is 5.11 Å². The molecule has 0 radical (unpaired) electrons. The summed E-state index contributed by atoms with van der Waals surface area (Å²) in [5.41, 5.74) is 2.44. The average molecular weight is 278 g/mol. The number of halogens is 1. The summed E-state index contributed by atoms with van der Waals surface area (Å²) in [5.74, 6) is 0. The van der Waals surface area contributed by atoms with Crippen molar-refractivity contribution in [1.82, 2.24) is 4.90 Å². The zero-order valence-electron chi connectivity index (χ0n) is 11.3. The van der Waals surface area contributed by atoms with Gasteiger partial charge in [0.15, 0.2) is 0 Å². The lowest BCUT2D eigenvalue weighted by molar-refractivity contribution is 0.0640. The van der Waals surface area contributed by atoms with Crippen LogP contribution in [-0.2, 0) is 6.42 Å². The first-order chi connectivity index (χ1) is 8.68. The maximum absolute atomic E-state index is 10.6. The molecule has 1 aliphatic rings. The molecule has 0 aliphatic heterocycles. The molecule has 0 fully saturated rings. The highest BCUT2D eigenvalue weighted by Crippen LogP contribution is 2.36. The smallest absolute Gasteiger partial charge is 0.0953 e. The van der Waals surface area contributed by atoms with Crippen LogP contribution in [0, 0.1) is 0 Å². The van der Waals surface area contributed by atoms with Gasteiger partial charge in [0.1, 0.15) is 0 Å². The van der Waals surface area contributed by atoms with Gasteiger partial charge in [-0.25, -0.2) is 0 Å². The molecule has 3 rings (SSSR count). The molecule has 0 bridgehead atoms. The van der Waals surface area contributed by atoms with E-state index in [0.717, 1.165) is 18.4 Å². The zero-order valence-corrected chi connectivity index (χ0v) is 12.2. The fourth-order valence-electron chi connectivity index (χ4n) is 3.10. The van der Waals surface area contributed by atoms with Gasteiger partial charge in [-0.3, -0.25) is 0 Å². The van der Waals surface area contributed by atoms with Crippen molar-refractivity contribution in [1.29, 1.82) is 0 Å². The van der Waals surface area contributed by atoms with E-state index >= 15 is 0 Å². The van der Waals surface area contributed by atoms with Gasteiger partial charge < -0.3 is 10.0 Å². The van der Waals surface area contributed by atoms with Crippen LogP contribution in [0.1, 0.15) is 23.7 Å². The Kier molecular flexibility index (Phi) is 4.14. The molecule has 1 aliphatic carbocycles. The third kappa shape index (κ3) is 2.36. The quantitative estimate of drug-likeness (QED) is 0.865.